The van der Waals surface area contributed by atoms with Gasteiger partial charge in [-0.15, -0.1) is 22.7 Å². The van der Waals surface area contributed by atoms with Crippen molar-refractivity contribution in [2.75, 3.05) is 0 Å². The number of rotatable bonds is 5. The normalized spacial score (nSPS) is 13.2. The Labute approximate surface area is 183 Å². The molecule has 0 radical (unpaired) electrons. The molecule has 0 aliphatic heterocycles. The molecule has 0 unspecified atom stereocenters. The third kappa shape index (κ3) is 5.06. The van der Waals surface area contributed by atoms with Crippen LogP contribution in [-0.4, -0.2) is 16.8 Å². The van der Waals surface area contributed by atoms with Gasteiger partial charge in [-0.25, -0.2) is 4.98 Å². The highest BCUT2D eigenvalue weighted by Gasteiger charge is 2.17. The molecule has 1 aliphatic carbocycles. The Hall–Kier alpha value is -2.71. The first-order valence-corrected chi connectivity index (χ1v) is 11.6. The van der Waals surface area contributed by atoms with Gasteiger partial charge in [0, 0.05) is 15.8 Å². The number of thiazole rings is 1. The highest BCUT2D eigenvalue weighted by Crippen LogP contribution is 2.28. The van der Waals surface area contributed by atoms with Crippen molar-refractivity contribution >= 4 is 34.5 Å². The zero-order chi connectivity index (χ0) is 20.9. The molecular weight excluding hydrogens is 418 g/mol. The maximum absolute atomic E-state index is 12.5. The fourth-order valence-electron chi connectivity index (χ4n) is 3.39. The van der Waals surface area contributed by atoms with Gasteiger partial charge in [0.25, 0.3) is 11.8 Å². The maximum Gasteiger partial charge on any atom is 0.279 e. The first kappa shape index (κ1) is 20.6. The summed E-state index contributed by atoms with van der Waals surface area (Å²) in [5.41, 5.74) is 7.56. The van der Waals surface area contributed by atoms with E-state index in [1.54, 1.807) is 35.6 Å². The second-order valence-electron chi connectivity index (χ2n) is 7.20. The number of aromatic nitrogens is 1. The van der Waals surface area contributed by atoms with Crippen LogP contribution in [0.25, 0.3) is 0 Å². The minimum absolute atomic E-state index is 0.285. The van der Waals surface area contributed by atoms with Crippen molar-refractivity contribution in [3.05, 3.63) is 67.3 Å². The van der Waals surface area contributed by atoms with Crippen molar-refractivity contribution in [1.82, 2.24) is 15.8 Å². The lowest BCUT2D eigenvalue weighted by atomic mass is 10.1. The molecule has 0 bridgehead atoms. The van der Waals surface area contributed by atoms with Crippen LogP contribution < -0.4 is 15.6 Å². The zero-order valence-corrected chi connectivity index (χ0v) is 18.3. The van der Waals surface area contributed by atoms with E-state index < -0.39 is 5.91 Å². The average Bonchev–Trinajstić information content (AvgIpc) is 3.30. The quantitative estimate of drug-likeness (QED) is 0.453. The molecule has 6 nitrogen and oxygen atoms in total. The van der Waals surface area contributed by atoms with Crippen LogP contribution in [0.4, 0.5) is 0 Å². The predicted octanol–water partition coefficient (Wildman–Crippen LogP) is 4.44. The molecule has 30 heavy (non-hydrogen) atoms. The molecule has 156 valence electrons. The topological polar surface area (TPSA) is 80.3 Å². The average molecular weight is 442 g/mol. The van der Waals surface area contributed by atoms with Crippen molar-refractivity contribution in [1.29, 1.82) is 0 Å². The highest BCUT2D eigenvalue weighted by atomic mass is 32.1. The van der Waals surface area contributed by atoms with Gasteiger partial charge in [0.2, 0.25) is 0 Å². The van der Waals surface area contributed by atoms with Crippen molar-refractivity contribution in [2.45, 2.75) is 45.6 Å². The SMILES string of the molecule is Cc1nc(COc2cccc(C(=O)NNC(=O)c3cc4c(s3)CCCCC4)c2)cs1. The number of amides is 2. The Morgan fingerprint density at radius 1 is 1.10 bits per heavy atom. The molecular formula is C22H23N3O3S2. The van der Waals surface area contributed by atoms with Gasteiger partial charge in [-0.1, -0.05) is 12.5 Å². The number of nitrogens with one attached hydrogen (secondary N) is 2. The Morgan fingerprint density at radius 2 is 1.93 bits per heavy atom. The van der Waals surface area contributed by atoms with Crippen LogP contribution in [0.15, 0.2) is 35.7 Å². The minimum Gasteiger partial charge on any atom is -0.487 e. The molecule has 0 atom stereocenters. The van der Waals surface area contributed by atoms with Crippen LogP contribution >= 0.6 is 22.7 Å². The number of hydrazine groups is 1. The summed E-state index contributed by atoms with van der Waals surface area (Å²) in [7, 11) is 0. The van der Waals surface area contributed by atoms with E-state index in [9.17, 15) is 9.59 Å². The number of carbonyl (C=O) groups is 2. The van der Waals surface area contributed by atoms with Crippen LogP contribution in [0.5, 0.6) is 5.75 Å². The molecule has 2 heterocycles. The van der Waals surface area contributed by atoms with Gasteiger partial charge >= 0.3 is 0 Å². The molecule has 2 N–H and O–H groups in total. The van der Waals surface area contributed by atoms with Gasteiger partial charge in [-0.2, -0.15) is 0 Å². The number of fused-ring (bicyclic) bond motifs is 1. The third-order valence-electron chi connectivity index (χ3n) is 4.91. The molecule has 0 saturated heterocycles. The monoisotopic (exact) mass is 441 g/mol. The van der Waals surface area contributed by atoms with Crippen molar-refractivity contribution in [3.8, 4) is 5.75 Å². The van der Waals surface area contributed by atoms with E-state index in [-0.39, 0.29) is 5.91 Å². The molecule has 4 rings (SSSR count). The van der Waals surface area contributed by atoms with E-state index >= 15 is 0 Å². The van der Waals surface area contributed by atoms with Crippen molar-refractivity contribution in [3.63, 3.8) is 0 Å². The number of ether oxygens (including phenoxy) is 1. The Balaban J connectivity index is 1.33. The number of aryl methyl sites for hydroxylation is 3. The summed E-state index contributed by atoms with van der Waals surface area (Å²) in [5.74, 6) is -0.106. The van der Waals surface area contributed by atoms with Crippen LogP contribution in [0.2, 0.25) is 0 Å². The number of benzene rings is 1. The molecule has 0 spiro atoms. The fraction of sp³-hybridized carbons (Fsp3) is 0.318. The lowest BCUT2D eigenvalue weighted by Crippen LogP contribution is -2.41. The lowest BCUT2D eigenvalue weighted by Gasteiger charge is -2.08. The van der Waals surface area contributed by atoms with Gasteiger partial charge in [0.15, 0.2) is 0 Å². The standard InChI is InChI=1S/C22H23N3O3S2/c1-14-23-17(13-29-14)12-28-18-8-5-7-16(10-18)21(26)24-25-22(27)20-11-15-6-3-2-4-9-19(15)30-20/h5,7-8,10-11,13H,2-4,6,9,12H2,1H3,(H,24,26)(H,25,27). The number of nitrogens with zero attached hydrogens (tertiary/aromatic N) is 1. The van der Waals surface area contributed by atoms with E-state index in [2.05, 4.69) is 15.8 Å². The van der Waals surface area contributed by atoms with Gasteiger partial charge in [-0.05, 0) is 62.4 Å². The summed E-state index contributed by atoms with van der Waals surface area (Å²) >= 11 is 3.09. The first-order valence-electron chi connectivity index (χ1n) is 9.94. The van der Waals surface area contributed by atoms with Gasteiger partial charge in [-0.3, -0.25) is 20.4 Å². The van der Waals surface area contributed by atoms with E-state index in [4.69, 9.17) is 4.74 Å². The number of thiophene rings is 1. The van der Waals surface area contributed by atoms with Crippen LogP contribution in [0, 0.1) is 6.92 Å². The van der Waals surface area contributed by atoms with Gasteiger partial charge < -0.3 is 4.74 Å². The molecule has 0 saturated carbocycles. The summed E-state index contributed by atoms with van der Waals surface area (Å²) in [4.78, 5) is 31.2. The van der Waals surface area contributed by atoms with Crippen LogP contribution in [0.3, 0.4) is 0 Å². The Morgan fingerprint density at radius 3 is 2.77 bits per heavy atom. The summed E-state index contributed by atoms with van der Waals surface area (Å²) in [6.45, 7) is 2.29. The Kier molecular flexibility index (Phi) is 6.44. The van der Waals surface area contributed by atoms with E-state index in [1.165, 1.54) is 41.0 Å². The first-order chi connectivity index (χ1) is 14.6. The number of hydrogen-bond acceptors (Lipinski definition) is 6. The molecule has 2 aromatic heterocycles. The van der Waals surface area contributed by atoms with Crippen LogP contribution in [0.1, 0.15) is 60.4 Å². The molecule has 2 amide bonds. The second-order valence-corrected chi connectivity index (χ2v) is 9.40. The zero-order valence-electron chi connectivity index (χ0n) is 16.7. The molecule has 0 fully saturated rings. The molecule has 1 aliphatic rings. The predicted molar refractivity (Wildman–Crippen MR) is 118 cm³/mol. The summed E-state index contributed by atoms with van der Waals surface area (Å²) < 4.78 is 5.73. The summed E-state index contributed by atoms with van der Waals surface area (Å²) in [5, 5.41) is 2.94. The molecule has 3 aromatic rings. The van der Waals surface area contributed by atoms with Crippen molar-refractivity contribution in [2.24, 2.45) is 0 Å². The van der Waals surface area contributed by atoms with Gasteiger partial charge in [0.05, 0.1) is 15.6 Å². The van der Waals surface area contributed by atoms with E-state index in [0.717, 1.165) is 23.5 Å². The fourth-order valence-corrected chi connectivity index (χ4v) is 5.13. The van der Waals surface area contributed by atoms with Gasteiger partial charge in [0.1, 0.15) is 12.4 Å². The number of carbonyl (C=O) groups excluding carboxylic acids is 2. The van der Waals surface area contributed by atoms with Crippen molar-refractivity contribution < 1.29 is 14.3 Å². The maximum atomic E-state index is 12.5. The summed E-state index contributed by atoms with van der Waals surface area (Å²) in [6, 6.07) is 8.81. The molecule has 8 heteroatoms. The Bertz CT molecular complexity index is 1030. The third-order valence-corrected chi connectivity index (χ3v) is 6.97. The van der Waals surface area contributed by atoms with E-state index in [1.807, 2.05) is 18.4 Å². The summed E-state index contributed by atoms with van der Waals surface area (Å²) in [6.07, 6.45) is 5.64. The largest absolute Gasteiger partial charge is 0.487 e. The second kappa shape index (κ2) is 9.40. The van der Waals surface area contributed by atoms with E-state index in [0.29, 0.717) is 22.8 Å². The highest BCUT2D eigenvalue weighted by molar-refractivity contribution is 7.14. The minimum atomic E-state index is -0.392. The smallest absolute Gasteiger partial charge is 0.279 e. The number of hydrogen-bond donors (Lipinski definition) is 2. The van der Waals surface area contributed by atoms with Crippen LogP contribution in [-0.2, 0) is 19.4 Å². The lowest BCUT2D eigenvalue weighted by molar-refractivity contribution is 0.0848. The molecule has 1 aromatic carbocycles.